The van der Waals surface area contributed by atoms with Crippen molar-refractivity contribution in [2.45, 2.75) is 58.2 Å². The molecule has 2 aliphatic carbocycles. The first-order valence-electron chi connectivity index (χ1n) is 7.63. The third-order valence-electron chi connectivity index (χ3n) is 4.66. The second-order valence-corrected chi connectivity index (χ2v) is 10.9. The van der Waals surface area contributed by atoms with E-state index in [0.717, 1.165) is 12.5 Å². The molecule has 1 nitrogen and oxygen atoms in total. The molecular weight excluding hydrogens is 246 g/mol. The highest BCUT2D eigenvalue weighted by Crippen LogP contribution is 2.25. The zero-order valence-corrected chi connectivity index (χ0v) is 13.4. The van der Waals surface area contributed by atoms with E-state index in [1.807, 2.05) is 0 Å². The van der Waals surface area contributed by atoms with E-state index in [9.17, 15) is 0 Å². The molecule has 1 N–H and O–H groups in total. The van der Waals surface area contributed by atoms with Crippen molar-refractivity contribution in [3.05, 3.63) is 34.9 Å². The van der Waals surface area contributed by atoms with Gasteiger partial charge in [-0.2, -0.15) is 0 Å². The van der Waals surface area contributed by atoms with E-state index >= 15 is 0 Å². The molecule has 3 rings (SSSR count). The SMILES string of the molecule is CC1=Cc2cccc([Si](C)(C)NC3CCCC3)c2C1. The largest absolute Gasteiger partial charge is 0.331 e. The van der Waals surface area contributed by atoms with Crippen LogP contribution in [0.15, 0.2) is 23.8 Å². The average Bonchev–Trinajstić information content (AvgIpc) is 2.95. The summed E-state index contributed by atoms with van der Waals surface area (Å²) in [5, 5.41) is 1.63. The van der Waals surface area contributed by atoms with Crippen LogP contribution in [-0.4, -0.2) is 14.3 Å². The molecular formula is C17H25NSi. The van der Waals surface area contributed by atoms with Gasteiger partial charge < -0.3 is 4.98 Å². The highest BCUT2D eigenvalue weighted by atomic mass is 28.3. The van der Waals surface area contributed by atoms with Crippen molar-refractivity contribution in [1.82, 2.24) is 4.98 Å². The van der Waals surface area contributed by atoms with Crippen molar-refractivity contribution >= 4 is 19.5 Å². The summed E-state index contributed by atoms with van der Waals surface area (Å²) in [5.41, 5.74) is 4.57. The molecule has 0 unspecified atom stereocenters. The standard InChI is InChI=1S/C17H25NSi/c1-13-11-14-7-6-10-17(16(14)12-13)19(2,3)18-15-8-4-5-9-15/h6-7,10-11,15,18H,4-5,8-9,12H2,1-3H3. The minimum Gasteiger partial charge on any atom is -0.331 e. The number of fused-ring (bicyclic) bond motifs is 1. The molecule has 0 radical (unpaired) electrons. The zero-order chi connectivity index (χ0) is 13.5. The Labute approximate surface area is 118 Å². The van der Waals surface area contributed by atoms with E-state index in [-0.39, 0.29) is 0 Å². The topological polar surface area (TPSA) is 12.0 Å². The van der Waals surface area contributed by atoms with Gasteiger partial charge in [-0.1, -0.05) is 55.8 Å². The van der Waals surface area contributed by atoms with Crippen LogP contribution >= 0.6 is 0 Å². The van der Waals surface area contributed by atoms with Crippen LogP contribution in [0.2, 0.25) is 13.1 Å². The lowest BCUT2D eigenvalue weighted by atomic mass is 10.1. The second kappa shape index (κ2) is 4.91. The number of rotatable bonds is 3. The first-order chi connectivity index (χ1) is 9.06. The Hall–Kier alpha value is -0.863. The average molecular weight is 271 g/mol. The fourth-order valence-corrected chi connectivity index (χ4v) is 6.74. The fourth-order valence-electron chi connectivity index (χ4n) is 3.78. The maximum absolute atomic E-state index is 4.03. The summed E-state index contributed by atoms with van der Waals surface area (Å²) in [6.07, 6.45) is 9.10. The number of benzene rings is 1. The quantitative estimate of drug-likeness (QED) is 0.829. The third-order valence-corrected chi connectivity index (χ3v) is 7.61. The van der Waals surface area contributed by atoms with E-state index in [0.29, 0.717) is 0 Å². The monoisotopic (exact) mass is 271 g/mol. The van der Waals surface area contributed by atoms with Crippen LogP contribution in [0.1, 0.15) is 43.7 Å². The van der Waals surface area contributed by atoms with Crippen molar-refractivity contribution in [2.24, 2.45) is 0 Å². The lowest BCUT2D eigenvalue weighted by Gasteiger charge is -2.30. The molecule has 1 aromatic rings. The van der Waals surface area contributed by atoms with Crippen LogP contribution in [0.5, 0.6) is 0 Å². The van der Waals surface area contributed by atoms with Gasteiger partial charge in [0, 0.05) is 6.04 Å². The van der Waals surface area contributed by atoms with Crippen molar-refractivity contribution in [3.63, 3.8) is 0 Å². The lowest BCUT2D eigenvalue weighted by molar-refractivity contribution is 0.634. The number of allylic oxidation sites excluding steroid dienone is 1. The Morgan fingerprint density at radius 3 is 2.63 bits per heavy atom. The molecule has 0 spiro atoms. The molecule has 1 saturated carbocycles. The minimum atomic E-state index is -1.51. The Morgan fingerprint density at radius 2 is 1.89 bits per heavy atom. The molecule has 19 heavy (non-hydrogen) atoms. The maximum atomic E-state index is 4.03. The van der Waals surface area contributed by atoms with Gasteiger partial charge in [0.05, 0.1) is 0 Å². The van der Waals surface area contributed by atoms with Crippen LogP contribution in [0, 0.1) is 0 Å². The van der Waals surface area contributed by atoms with E-state index in [1.165, 1.54) is 36.8 Å². The third kappa shape index (κ3) is 2.56. The summed E-state index contributed by atoms with van der Waals surface area (Å²) < 4.78 is 0. The van der Waals surface area contributed by atoms with E-state index in [4.69, 9.17) is 0 Å². The smallest absolute Gasteiger partial charge is 0.152 e. The predicted molar refractivity (Wildman–Crippen MR) is 86.3 cm³/mol. The molecule has 1 fully saturated rings. The number of hydrogen-bond donors (Lipinski definition) is 1. The minimum absolute atomic E-state index is 0.771. The molecule has 1 aromatic carbocycles. The summed E-state index contributed by atoms with van der Waals surface area (Å²) in [6, 6.07) is 7.66. The Kier molecular flexibility index (Phi) is 3.40. The van der Waals surface area contributed by atoms with Crippen molar-refractivity contribution in [3.8, 4) is 0 Å². The highest BCUT2D eigenvalue weighted by Gasteiger charge is 2.31. The molecule has 0 heterocycles. The lowest BCUT2D eigenvalue weighted by Crippen LogP contribution is -2.59. The van der Waals surface area contributed by atoms with Crippen LogP contribution in [0.4, 0.5) is 0 Å². The van der Waals surface area contributed by atoms with Gasteiger partial charge in [-0.25, -0.2) is 0 Å². The Morgan fingerprint density at radius 1 is 1.16 bits per heavy atom. The number of nitrogens with one attached hydrogen (secondary N) is 1. The molecule has 0 saturated heterocycles. The van der Waals surface area contributed by atoms with Crippen LogP contribution in [0.3, 0.4) is 0 Å². The molecule has 0 atom stereocenters. The van der Waals surface area contributed by atoms with Gasteiger partial charge in [-0.3, -0.25) is 0 Å². The van der Waals surface area contributed by atoms with Gasteiger partial charge in [-0.05, 0) is 42.5 Å². The molecule has 2 heteroatoms. The zero-order valence-electron chi connectivity index (χ0n) is 12.4. The van der Waals surface area contributed by atoms with Gasteiger partial charge in [-0.15, -0.1) is 0 Å². The highest BCUT2D eigenvalue weighted by molar-refractivity contribution is 6.88. The first kappa shape index (κ1) is 13.1. The summed E-state index contributed by atoms with van der Waals surface area (Å²) in [5.74, 6) is 0. The Balaban J connectivity index is 1.88. The normalized spacial score (nSPS) is 19.6. The predicted octanol–water partition coefficient (Wildman–Crippen LogP) is 3.59. The fraction of sp³-hybridized carbons (Fsp3) is 0.529. The molecule has 0 bridgehead atoms. The van der Waals surface area contributed by atoms with Crippen molar-refractivity contribution < 1.29 is 0 Å². The van der Waals surface area contributed by atoms with E-state index < -0.39 is 8.24 Å². The molecule has 2 aliphatic rings. The summed E-state index contributed by atoms with van der Waals surface area (Å²) >= 11 is 0. The van der Waals surface area contributed by atoms with Crippen LogP contribution in [-0.2, 0) is 6.42 Å². The molecule has 0 aliphatic heterocycles. The first-order valence-corrected chi connectivity index (χ1v) is 10.6. The van der Waals surface area contributed by atoms with Crippen molar-refractivity contribution in [1.29, 1.82) is 0 Å². The van der Waals surface area contributed by atoms with Gasteiger partial charge >= 0.3 is 0 Å². The molecule has 0 amide bonds. The Bertz CT molecular complexity index is 510. The molecule has 102 valence electrons. The van der Waals surface area contributed by atoms with Crippen molar-refractivity contribution in [2.75, 3.05) is 0 Å². The van der Waals surface area contributed by atoms with Gasteiger partial charge in [0.25, 0.3) is 0 Å². The van der Waals surface area contributed by atoms with E-state index in [1.54, 1.807) is 10.8 Å². The summed E-state index contributed by atoms with van der Waals surface area (Å²) in [4.78, 5) is 4.03. The van der Waals surface area contributed by atoms with Crippen LogP contribution < -0.4 is 10.2 Å². The number of hydrogen-bond acceptors (Lipinski definition) is 1. The van der Waals surface area contributed by atoms with Gasteiger partial charge in [0.2, 0.25) is 0 Å². The maximum Gasteiger partial charge on any atom is 0.152 e. The summed E-state index contributed by atoms with van der Waals surface area (Å²) in [7, 11) is -1.51. The molecule has 0 aromatic heterocycles. The van der Waals surface area contributed by atoms with E-state index in [2.05, 4.69) is 49.3 Å². The van der Waals surface area contributed by atoms with Gasteiger partial charge in [0.15, 0.2) is 8.24 Å². The summed E-state index contributed by atoms with van der Waals surface area (Å²) in [6.45, 7) is 7.21. The van der Waals surface area contributed by atoms with Crippen LogP contribution in [0.25, 0.3) is 6.08 Å². The van der Waals surface area contributed by atoms with Gasteiger partial charge in [0.1, 0.15) is 0 Å². The second-order valence-electron chi connectivity index (χ2n) is 6.79.